The minimum absolute atomic E-state index is 0.0313. The van der Waals surface area contributed by atoms with Crippen LogP contribution < -0.4 is 10.4 Å². The molecule has 4 heteroatoms. The van der Waals surface area contributed by atoms with E-state index in [1.807, 2.05) is 0 Å². The van der Waals surface area contributed by atoms with Gasteiger partial charge in [0.1, 0.15) is 5.56 Å². The van der Waals surface area contributed by atoms with Crippen molar-refractivity contribution in [3.63, 3.8) is 0 Å². The Balaban J connectivity index is 2.98. The third kappa shape index (κ3) is 1.48. The molecule has 0 amide bonds. The molecule has 0 atom stereocenters. The first-order chi connectivity index (χ1) is 7.65. The highest BCUT2D eigenvalue weighted by molar-refractivity contribution is 6.08. The Kier molecular flexibility index (Phi) is 2.48. The van der Waals surface area contributed by atoms with Gasteiger partial charge in [0.05, 0.1) is 12.5 Å². The number of carbonyl (C=O) groups is 1. The topological polar surface area (TPSA) is 56.5 Å². The number of benzene rings is 1. The van der Waals surface area contributed by atoms with E-state index in [2.05, 4.69) is 0 Å². The maximum Gasteiger partial charge on any atom is 0.346 e. The Morgan fingerprint density at radius 1 is 1.25 bits per heavy atom. The van der Waals surface area contributed by atoms with Crippen LogP contribution in [-0.4, -0.2) is 12.9 Å². The second-order valence-corrected chi connectivity index (χ2v) is 3.36. The number of carbonyl (C=O) groups excluding carboxylic acids is 1. The largest absolute Gasteiger partial charge is 0.468 e. The molecule has 2 aromatic rings. The van der Waals surface area contributed by atoms with Crippen molar-refractivity contribution in [2.45, 2.75) is 6.92 Å². The maximum atomic E-state index is 11.6. The first-order valence-electron chi connectivity index (χ1n) is 4.76. The second kappa shape index (κ2) is 3.81. The lowest BCUT2D eigenvalue weighted by molar-refractivity contribution is 0.101. The predicted molar refractivity (Wildman–Crippen MR) is 59.0 cm³/mol. The monoisotopic (exact) mass is 218 g/mol. The van der Waals surface area contributed by atoms with Crippen LogP contribution in [0.5, 0.6) is 5.95 Å². The fraction of sp³-hybridized carbons (Fsp3) is 0.167. The van der Waals surface area contributed by atoms with Crippen molar-refractivity contribution >= 4 is 16.6 Å². The van der Waals surface area contributed by atoms with Gasteiger partial charge in [-0.05, 0) is 13.0 Å². The van der Waals surface area contributed by atoms with Crippen molar-refractivity contribution in [3.8, 4) is 5.95 Å². The van der Waals surface area contributed by atoms with Crippen LogP contribution >= 0.6 is 0 Å². The summed E-state index contributed by atoms with van der Waals surface area (Å²) in [5, 5.41) is 0.941. The van der Waals surface area contributed by atoms with Crippen molar-refractivity contribution in [2.24, 2.45) is 0 Å². The zero-order valence-electron chi connectivity index (χ0n) is 8.94. The summed E-state index contributed by atoms with van der Waals surface area (Å²) in [6.45, 7) is 1.41. The van der Waals surface area contributed by atoms with Gasteiger partial charge in [-0.1, -0.05) is 18.2 Å². The van der Waals surface area contributed by atoms with Gasteiger partial charge < -0.3 is 9.15 Å². The van der Waals surface area contributed by atoms with E-state index in [1.54, 1.807) is 24.3 Å². The van der Waals surface area contributed by atoms with Crippen molar-refractivity contribution in [2.75, 3.05) is 7.11 Å². The molecule has 16 heavy (non-hydrogen) atoms. The fourth-order valence-electron chi connectivity index (χ4n) is 1.66. The molecule has 1 aromatic heterocycles. The molecule has 0 bridgehead atoms. The molecule has 0 saturated heterocycles. The van der Waals surface area contributed by atoms with Crippen LogP contribution in [0.15, 0.2) is 33.5 Å². The molecule has 82 valence electrons. The summed E-state index contributed by atoms with van der Waals surface area (Å²) in [5.74, 6) is -0.229. The van der Waals surface area contributed by atoms with Crippen molar-refractivity contribution < 1.29 is 13.9 Å². The summed E-state index contributed by atoms with van der Waals surface area (Å²) in [6, 6.07) is 6.79. The van der Waals surface area contributed by atoms with Crippen LogP contribution in [0, 0.1) is 0 Å². The van der Waals surface area contributed by atoms with E-state index in [0.29, 0.717) is 16.3 Å². The smallest absolute Gasteiger partial charge is 0.346 e. The molecule has 0 N–H and O–H groups in total. The van der Waals surface area contributed by atoms with Crippen LogP contribution in [0.4, 0.5) is 0 Å². The Morgan fingerprint density at radius 3 is 2.44 bits per heavy atom. The molecule has 0 aliphatic carbocycles. The van der Waals surface area contributed by atoms with E-state index in [0.717, 1.165) is 0 Å². The Bertz CT molecular complexity index is 610. The number of methoxy groups -OCH3 is 1. The van der Waals surface area contributed by atoms with Crippen LogP contribution in [0.1, 0.15) is 17.3 Å². The SMILES string of the molecule is COc1oc(=O)c2ccccc2c1C(C)=O. The standard InChI is InChI=1S/C12H10O4/c1-7(13)10-8-5-3-4-6-9(8)11(14)16-12(10)15-2/h3-6H,1-2H3. The normalized spacial score (nSPS) is 10.4. The molecule has 0 fully saturated rings. The van der Waals surface area contributed by atoms with E-state index in [4.69, 9.17) is 9.15 Å². The van der Waals surface area contributed by atoms with Gasteiger partial charge in [-0.2, -0.15) is 0 Å². The number of Topliss-reactive ketones (excluding diaryl/α,β-unsaturated/α-hetero) is 1. The molecule has 0 unspecified atom stereocenters. The van der Waals surface area contributed by atoms with E-state index < -0.39 is 5.63 Å². The summed E-state index contributed by atoms with van der Waals surface area (Å²) < 4.78 is 9.84. The zero-order valence-corrected chi connectivity index (χ0v) is 8.94. The molecular formula is C12H10O4. The molecule has 1 aromatic carbocycles. The molecule has 0 aliphatic rings. The van der Waals surface area contributed by atoms with Gasteiger partial charge in [0.25, 0.3) is 5.95 Å². The van der Waals surface area contributed by atoms with Crippen LogP contribution in [0.2, 0.25) is 0 Å². The Labute approximate surface area is 91.4 Å². The number of hydrogen-bond acceptors (Lipinski definition) is 4. The predicted octanol–water partition coefficient (Wildman–Crippen LogP) is 2.00. The van der Waals surface area contributed by atoms with Gasteiger partial charge in [-0.25, -0.2) is 4.79 Å². The van der Waals surface area contributed by atoms with E-state index >= 15 is 0 Å². The summed E-state index contributed by atoms with van der Waals surface area (Å²) in [6.07, 6.45) is 0. The molecule has 1 heterocycles. The van der Waals surface area contributed by atoms with Crippen molar-refractivity contribution in [3.05, 3.63) is 40.2 Å². The first kappa shape index (κ1) is 10.4. The number of ketones is 1. The number of hydrogen-bond donors (Lipinski definition) is 0. The summed E-state index contributed by atoms with van der Waals surface area (Å²) >= 11 is 0. The summed E-state index contributed by atoms with van der Waals surface area (Å²) in [5.41, 5.74) is -0.199. The fourth-order valence-corrected chi connectivity index (χ4v) is 1.66. The van der Waals surface area contributed by atoms with Crippen LogP contribution in [0.3, 0.4) is 0 Å². The minimum Gasteiger partial charge on any atom is -0.468 e. The lowest BCUT2D eigenvalue weighted by Gasteiger charge is -2.06. The lowest BCUT2D eigenvalue weighted by atomic mass is 10.1. The molecule has 0 aliphatic heterocycles. The lowest BCUT2D eigenvalue weighted by Crippen LogP contribution is -2.07. The third-order valence-electron chi connectivity index (χ3n) is 2.34. The zero-order chi connectivity index (χ0) is 11.7. The maximum absolute atomic E-state index is 11.6. The number of ether oxygens (including phenoxy) is 1. The summed E-state index contributed by atoms with van der Waals surface area (Å²) in [7, 11) is 1.36. The number of fused-ring (bicyclic) bond motifs is 1. The van der Waals surface area contributed by atoms with Gasteiger partial charge in [-0.15, -0.1) is 0 Å². The average molecular weight is 218 g/mol. The quantitative estimate of drug-likeness (QED) is 0.723. The van der Waals surface area contributed by atoms with Crippen LogP contribution in [-0.2, 0) is 0 Å². The third-order valence-corrected chi connectivity index (χ3v) is 2.34. The van der Waals surface area contributed by atoms with Crippen molar-refractivity contribution in [1.29, 1.82) is 0 Å². The molecule has 4 nitrogen and oxygen atoms in total. The first-order valence-corrected chi connectivity index (χ1v) is 4.76. The van der Waals surface area contributed by atoms with Crippen molar-refractivity contribution in [1.82, 2.24) is 0 Å². The number of rotatable bonds is 2. The van der Waals surface area contributed by atoms with Crippen LogP contribution in [0.25, 0.3) is 10.8 Å². The molecular weight excluding hydrogens is 208 g/mol. The average Bonchev–Trinajstić information content (AvgIpc) is 2.28. The summed E-state index contributed by atoms with van der Waals surface area (Å²) in [4.78, 5) is 23.1. The van der Waals surface area contributed by atoms with Gasteiger partial charge in [0.2, 0.25) is 0 Å². The second-order valence-electron chi connectivity index (χ2n) is 3.36. The minimum atomic E-state index is -0.502. The molecule has 2 rings (SSSR count). The highest BCUT2D eigenvalue weighted by atomic mass is 16.6. The Hall–Kier alpha value is -2.10. The highest BCUT2D eigenvalue weighted by Gasteiger charge is 2.17. The van der Waals surface area contributed by atoms with Gasteiger partial charge in [0.15, 0.2) is 5.78 Å². The molecule has 0 saturated carbocycles. The van der Waals surface area contributed by atoms with Gasteiger partial charge in [-0.3, -0.25) is 4.79 Å². The Morgan fingerprint density at radius 2 is 1.88 bits per heavy atom. The van der Waals surface area contributed by atoms with Gasteiger partial charge in [0, 0.05) is 5.39 Å². The molecule has 0 spiro atoms. The highest BCUT2D eigenvalue weighted by Crippen LogP contribution is 2.25. The van der Waals surface area contributed by atoms with E-state index in [-0.39, 0.29) is 11.7 Å². The van der Waals surface area contributed by atoms with E-state index in [1.165, 1.54) is 14.0 Å². The molecule has 0 radical (unpaired) electrons. The van der Waals surface area contributed by atoms with Gasteiger partial charge >= 0.3 is 5.63 Å². The van der Waals surface area contributed by atoms with E-state index in [9.17, 15) is 9.59 Å².